The Kier molecular flexibility index (Phi) is 4.03. The monoisotopic (exact) mass is 290 g/mol. The fourth-order valence-corrected chi connectivity index (χ4v) is 2.70. The van der Waals surface area contributed by atoms with E-state index in [1.54, 1.807) is 0 Å². The van der Waals surface area contributed by atoms with E-state index in [4.69, 9.17) is 4.52 Å². The Balaban J connectivity index is 1.82. The Bertz CT molecular complexity index is 598. The van der Waals surface area contributed by atoms with Crippen LogP contribution in [0.25, 0.3) is 11.6 Å². The van der Waals surface area contributed by atoms with Crippen molar-refractivity contribution < 1.29 is 4.52 Å². The maximum Gasteiger partial charge on any atom is 0.276 e. The third-order valence-electron chi connectivity index (χ3n) is 3.94. The Labute approximate surface area is 124 Å². The van der Waals surface area contributed by atoms with Gasteiger partial charge in [0.15, 0.2) is 5.82 Å². The highest BCUT2D eigenvalue weighted by Crippen LogP contribution is 2.23. The van der Waals surface area contributed by atoms with Crippen molar-refractivity contribution in [2.75, 3.05) is 26.2 Å². The van der Waals surface area contributed by atoms with Crippen LogP contribution in [0.3, 0.4) is 0 Å². The Morgan fingerprint density at radius 1 is 1.38 bits per heavy atom. The zero-order chi connectivity index (χ0) is 14.8. The lowest BCUT2D eigenvalue weighted by Crippen LogP contribution is -2.44. The molecule has 0 bridgehead atoms. The molecule has 2 aromatic rings. The van der Waals surface area contributed by atoms with Crippen molar-refractivity contribution in [2.24, 2.45) is 0 Å². The van der Waals surface area contributed by atoms with Crippen LogP contribution in [0.2, 0.25) is 0 Å². The number of piperazine rings is 1. The number of nitrogens with zero attached hydrogens (tertiary/aromatic N) is 5. The Morgan fingerprint density at radius 3 is 2.86 bits per heavy atom. The minimum Gasteiger partial charge on any atom is -0.332 e. The van der Waals surface area contributed by atoms with Gasteiger partial charge < -0.3 is 9.84 Å². The molecule has 0 aliphatic carbocycles. The summed E-state index contributed by atoms with van der Waals surface area (Å²) in [5.74, 6) is 1.29. The van der Waals surface area contributed by atoms with Crippen LogP contribution in [0.1, 0.15) is 31.4 Å². The average molecular weight is 290 g/mol. The molecule has 114 valence electrons. The van der Waals surface area contributed by atoms with Gasteiger partial charge >= 0.3 is 0 Å². The van der Waals surface area contributed by atoms with E-state index in [2.05, 4.69) is 39.3 Å². The molecule has 0 radical (unpaired) electrons. The topological polar surface area (TPSA) is 72.0 Å². The maximum absolute atomic E-state index is 5.45. The second-order valence-corrected chi connectivity index (χ2v) is 5.41. The van der Waals surface area contributed by atoms with E-state index in [-0.39, 0.29) is 6.04 Å². The molecule has 1 unspecified atom stereocenters. The van der Waals surface area contributed by atoms with Gasteiger partial charge in [0.2, 0.25) is 0 Å². The van der Waals surface area contributed by atoms with Gasteiger partial charge in [0.1, 0.15) is 5.69 Å². The summed E-state index contributed by atoms with van der Waals surface area (Å²) < 4.78 is 7.35. The average Bonchev–Trinajstić information content (AvgIpc) is 3.13. The molecule has 0 saturated carbocycles. The van der Waals surface area contributed by atoms with Crippen LogP contribution in [0.4, 0.5) is 0 Å². The van der Waals surface area contributed by atoms with Gasteiger partial charge in [-0.3, -0.25) is 9.58 Å². The van der Waals surface area contributed by atoms with Gasteiger partial charge in [-0.25, -0.2) is 0 Å². The van der Waals surface area contributed by atoms with E-state index in [0.29, 0.717) is 5.89 Å². The molecule has 0 spiro atoms. The molecular formula is C14H22N6O. The highest BCUT2D eigenvalue weighted by molar-refractivity contribution is 5.47. The SMILES string of the molecule is CCn1nc(C)cc1-c1nc(C(C)N2CCNCC2)no1. The lowest BCUT2D eigenvalue weighted by molar-refractivity contribution is 0.176. The van der Waals surface area contributed by atoms with Gasteiger partial charge in [-0.1, -0.05) is 5.16 Å². The first-order chi connectivity index (χ1) is 10.2. The number of hydrogen-bond acceptors (Lipinski definition) is 6. The molecular weight excluding hydrogens is 268 g/mol. The van der Waals surface area contributed by atoms with Crippen molar-refractivity contribution >= 4 is 0 Å². The molecule has 1 fully saturated rings. The van der Waals surface area contributed by atoms with Crippen LogP contribution in [0.5, 0.6) is 0 Å². The van der Waals surface area contributed by atoms with Crippen molar-refractivity contribution in [1.82, 2.24) is 30.1 Å². The summed E-state index contributed by atoms with van der Waals surface area (Å²) in [6.45, 7) is 11.0. The highest BCUT2D eigenvalue weighted by Gasteiger charge is 2.23. The van der Waals surface area contributed by atoms with Gasteiger partial charge in [-0.2, -0.15) is 10.1 Å². The number of hydrogen-bond donors (Lipinski definition) is 1. The second kappa shape index (κ2) is 5.95. The summed E-state index contributed by atoms with van der Waals surface area (Å²) in [5.41, 5.74) is 1.85. The van der Waals surface area contributed by atoms with Gasteiger partial charge in [-0.05, 0) is 26.8 Å². The van der Waals surface area contributed by atoms with Gasteiger partial charge in [0.05, 0.1) is 11.7 Å². The van der Waals surface area contributed by atoms with Crippen molar-refractivity contribution in [1.29, 1.82) is 0 Å². The molecule has 1 aliphatic heterocycles. The minimum absolute atomic E-state index is 0.170. The summed E-state index contributed by atoms with van der Waals surface area (Å²) in [4.78, 5) is 6.95. The molecule has 3 heterocycles. The first-order valence-electron chi connectivity index (χ1n) is 7.52. The Morgan fingerprint density at radius 2 is 2.14 bits per heavy atom. The summed E-state index contributed by atoms with van der Waals surface area (Å²) in [6.07, 6.45) is 0. The predicted octanol–water partition coefficient (Wildman–Crippen LogP) is 1.23. The largest absolute Gasteiger partial charge is 0.332 e. The van der Waals surface area contributed by atoms with E-state index >= 15 is 0 Å². The molecule has 21 heavy (non-hydrogen) atoms. The normalized spacial score (nSPS) is 18.0. The van der Waals surface area contributed by atoms with E-state index in [1.165, 1.54) is 0 Å². The lowest BCUT2D eigenvalue weighted by atomic mass is 10.2. The number of nitrogens with one attached hydrogen (secondary N) is 1. The molecule has 2 aromatic heterocycles. The fraction of sp³-hybridized carbons (Fsp3) is 0.643. The van der Waals surface area contributed by atoms with E-state index in [0.717, 1.165) is 49.9 Å². The van der Waals surface area contributed by atoms with Gasteiger partial charge in [-0.15, -0.1) is 0 Å². The van der Waals surface area contributed by atoms with E-state index in [9.17, 15) is 0 Å². The van der Waals surface area contributed by atoms with Crippen LogP contribution in [0.15, 0.2) is 10.6 Å². The van der Waals surface area contributed by atoms with Crippen LogP contribution in [-0.4, -0.2) is 51.0 Å². The number of rotatable bonds is 4. The maximum atomic E-state index is 5.45. The van der Waals surface area contributed by atoms with Gasteiger partial charge in [0, 0.05) is 32.7 Å². The molecule has 3 rings (SSSR count). The fourth-order valence-electron chi connectivity index (χ4n) is 2.70. The van der Waals surface area contributed by atoms with Crippen molar-refractivity contribution in [3.05, 3.63) is 17.6 Å². The smallest absolute Gasteiger partial charge is 0.276 e. The van der Waals surface area contributed by atoms with Crippen LogP contribution >= 0.6 is 0 Å². The predicted molar refractivity (Wildman–Crippen MR) is 78.8 cm³/mol. The summed E-state index contributed by atoms with van der Waals surface area (Å²) in [7, 11) is 0. The molecule has 0 aromatic carbocycles. The number of aromatic nitrogens is 4. The molecule has 7 nitrogen and oxygen atoms in total. The molecule has 1 atom stereocenters. The standard InChI is InChI=1S/C14H22N6O/c1-4-20-12(9-10(2)17-20)14-16-13(18-21-14)11(3)19-7-5-15-6-8-19/h9,11,15H,4-8H2,1-3H3. The molecule has 1 aliphatic rings. The Hall–Kier alpha value is -1.73. The van der Waals surface area contributed by atoms with Crippen LogP contribution in [0, 0.1) is 6.92 Å². The van der Waals surface area contributed by atoms with Crippen molar-refractivity contribution in [3.8, 4) is 11.6 Å². The van der Waals surface area contributed by atoms with Crippen molar-refractivity contribution in [3.63, 3.8) is 0 Å². The third-order valence-corrected chi connectivity index (χ3v) is 3.94. The van der Waals surface area contributed by atoms with Crippen LogP contribution in [-0.2, 0) is 6.54 Å². The molecule has 7 heteroatoms. The summed E-state index contributed by atoms with van der Waals surface area (Å²) in [6, 6.07) is 2.15. The first kappa shape index (κ1) is 14.2. The number of aryl methyl sites for hydroxylation is 2. The highest BCUT2D eigenvalue weighted by atomic mass is 16.5. The van der Waals surface area contributed by atoms with E-state index < -0.39 is 0 Å². The second-order valence-electron chi connectivity index (χ2n) is 5.41. The zero-order valence-electron chi connectivity index (χ0n) is 12.8. The quantitative estimate of drug-likeness (QED) is 0.913. The zero-order valence-corrected chi connectivity index (χ0v) is 12.8. The molecule has 1 saturated heterocycles. The first-order valence-corrected chi connectivity index (χ1v) is 7.52. The van der Waals surface area contributed by atoms with E-state index in [1.807, 2.05) is 17.7 Å². The third kappa shape index (κ3) is 2.84. The summed E-state index contributed by atoms with van der Waals surface area (Å²) in [5, 5.41) is 11.9. The molecule has 1 N–H and O–H groups in total. The molecule has 0 amide bonds. The van der Waals surface area contributed by atoms with Crippen LogP contribution < -0.4 is 5.32 Å². The van der Waals surface area contributed by atoms with Gasteiger partial charge in [0.25, 0.3) is 5.89 Å². The lowest BCUT2D eigenvalue weighted by Gasteiger charge is -2.30. The summed E-state index contributed by atoms with van der Waals surface area (Å²) >= 11 is 0. The van der Waals surface area contributed by atoms with Crippen molar-refractivity contribution in [2.45, 2.75) is 33.4 Å². The minimum atomic E-state index is 0.170.